The quantitative estimate of drug-likeness (QED) is 0.707. The van der Waals surface area contributed by atoms with E-state index in [9.17, 15) is 0 Å². The molecule has 2 aromatic carbocycles. The second-order valence-corrected chi connectivity index (χ2v) is 6.94. The highest BCUT2D eigenvalue weighted by molar-refractivity contribution is 7.99. The summed E-state index contributed by atoms with van der Waals surface area (Å²) in [5, 5.41) is 3.49. The number of hydrogen-bond acceptors (Lipinski definition) is 5. The molecule has 0 saturated carbocycles. The minimum absolute atomic E-state index is 0.620. The number of nitrogens with two attached hydrogens (primary N) is 2. The molecule has 0 aliphatic carbocycles. The molecule has 2 aromatic rings. The Morgan fingerprint density at radius 3 is 2.52 bits per heavy atom. The van der Waals surface area contributed by atoms with Crippen LogP contribution in [0.1, 0.15) is 19.3 Å². The summed E-state index contributed by atoms with van der Waals surface area (Å²) in [7, 11) is 0. The van der Waals surface area contributed by atoms with E-state index in [2.05, 4.69) is 17.4 Å². The number of nitrogens with one attached hydrogen (secondary N) is 1. The van der Waals surface area contributed by atoms with Crippen molar-refractivity contribution in [3.8, 4) is 5.75 Å². The topological polar surface area (TPSA) is 73.3 Å². The highest BCUT2D eigenvalue weighted by Crippen LogP contribution is 2.31. The second kappa shape index (κ2) is 7.62. The van der Waals surface area contributed by atoms with Crippen LogP contribution in [0, 0.1) is 0 Å². The number of benzene rings is 2. The normalized spacial score (nSPS) is 17.3. The Labute approximate surface area is 141 Å². The maximum Gasteiger partial charge on any atom is 0.119 e. The van der Waals surface area contributed by atoms with Crippen LogP contribution in [0.4, 0.5) is 11.4 Å². The Balaban J connectivity index is 1.50. The predicted octanol–water partition coefficient (Wildman–Crippen LogP) is 3.52. The van der Waals surface area contributed by atoms with Crippen molar-refractivity contribution in [2.24, 2.45) is 0 Å². The molecule has 122 valence electrons. The van der Waals surface area contributed by atoms with Crippen LogP contribution in [0.5, 0.6) is 5.75 Å². The Hall–Kier alpha value is -1.85. The molecule has 1 saturated heterocycles. The van der Waals surface area contributed by atoms with Crippen LogP contribution in [0.2, 0.25) is 0 Å². The van der Waals surface area contributed by atoms with Crippen molar-refractivity contribution in [3.05, 3.63) is 42.5 Å². The van der Waals surface area contributed by atoms with Gasteiger partial charge in [-0.25, -0.2) is 0 Å². The van der Waals surface area contributed by atoms with Gasteiger partial charge in [0.2, 0.25) is 0 Å². The van der Waals surface area contributed by atoms with Crippen molar-refractivity contribution < 1.29 is 4.74 Å². The zero-order valence-electron chi connectivity index (χ0n) is 13.1. The molecule has 5 heteroatoms. The summed E-state index contributed by atoms with van der Waals surface area (Å²) in [6, 6.07) is 14.5. The van der Waals surface area contributed by atoms with Crippen molar-refractivity contribution in [2.75, 3.05) is 24.6 Å². The minimum atomic E-state index is 0.620. The molecule has 1 heterocycles. The molecule has 0 radical (unpaired) electrons. The van der Waals surface area contributed by atoms with Crippen LogP contribution in [-0.2, 0) is 0 Å². The number of rotatable bonds is 6. The lowest BCUT2D eigenvalue weighted by Gasteiger charge is -2.11. The first kappa shape index (κ1) is 16.0. The Bertz CT molecular complexity index is 639. The molecule has 0 amide bonds. The first-order valence-corrected chi connectivity index (χ1v) is 8.81. The summed E-state index contributed by atoms with van der Waals surface area (Å²) in [6.07, 6.45) is 3.62. The zero-order valence-corrected chi connectivity index (χ0v) is 13.9. The first-order chi connectivity index (χ1) is 11.2. The van der Waals surface area contributed by atoms with E-state index < -0.39 is 0 Å². The standard InChI is InChI=1S/C18H23N3OS/c19-17-8-7-16(12-18(17)20)23-15-5-3-14(4-6-15)22-11-9-13-2-1-10-21-13/h3-8,12-13,21H,1-2,9-11,19-20H2. The smallest absolute Gasteiger partial charge is 0.119 e. The third-order valence-electron chi connectivity index (χ3n) is 4.02. The van der Waals surface area contributed by atoms with Crippen LogP contribution in [0.15, 0.2) is 52.3 Å². The van der Waals surface area contributed by atoms with Crippen molar-refractivity contribution in [2.45, 2.75) is 35.1 Å². The fourth-order valence-electron chi connectivity index (χ4n) is 2.68. The lowest BCUT2D eigenvalue weighted by molar-refractivity contribution is 0.292. The molecular formula is C18H23N3OS. The molecule has 4 nitrogen and oxygen atoms in total. The van der Waals surface area contributed by atoms with Gasteiger partial charge in [-0.3, -0.25) is 0 Å². The van der Waals surface area contributed by atoms with E-state index in [0.717, 1.165) is 35.1 Å². The Morgan fingerprint density at radius 2 is 1.83 bits per heavy atom. The van der Waals surface area contributed by atoms with Gasteiger partial charge >= 0.3 is 0 Å². The van der Waals surface area contributed by atoms with Gasteiger partial charge < -0.3 is 21.5 Å². The molecule has 0 bridgehead atoms. The minimum Gasteiger partial charge on any atom is -0.494 e. The zero-order chi connectivity index (χ0) is 16.1. The lowest BCUT2D eigenvalue weighted by Crippen LogP contribution is -2.23. The SMILES string of the molecule is Nc1ccc(Sc2ccc(OCCC3CCCN3)cc2)cc1N. The summed E-state index contributed by atoms with van der Waals surface area (Å²) in [5.41, 5.74) is 12.8. The molecule has 0 aromatic heterocycles. The van der Waals surface area contributed by atoms with E-state index in [4.69, 9.17) is 16.2 Å². The Morgan fingerprint density at radius 1 is 1.04 bits per heavy atom. The van der Waals surface area contributed by atoms with E-state index in [1.54, 1.807) is 11.8 Å². The molecular weight excluding hydrogens is 306 g/mol. The van der Waals surface area contributed by atoms with Crippen molar-refractivity contribution in [1.29, 1.82) is 0 Å². The van der Waals surface area contributed by atoms with Gasteiger partial charge in [0, 0.05) is 15.8 Å². The number of anilines is 2. The average molecular weight is 329 g/mol. The molecule has 1 atom stereocenters. The van der Waals surface area contributed by atoms with Crippen molar-refractivity contribution in [1.82, 2.24) is 5.32 Å². The predicted molar refractivity (Wildman–Crippen MR) is 97.0 cm³/mol. The van der Waals surface area contributed by atoms with E-state index in [0.29, 0.717) is 17.4 Å². The molecule has 1 aliphatic heterocycles. The third kappa shape index (κ3) is 4.56. The van der Waals surface area contributed by atoms with Gasteiger partial charge in [0.1, 0.15) is 5.75 Å². The monoisotopic (exact) mass is 329 g/mol. The maximum absolute atomic E-state index is 5.84. The second-order valence-electron chi connectivity index (χ2n) is 5.79. The fraction of sp³-hybridized carbons (Fsp3) is 0.333. The van der Waals surface area contributed by atoms with Crippen molar-refractivity contribution in [3.63, 3.8) is 0 Å². The third-order valence-corrected chi connectivity index (χ3v) is 5.01. The highest BCUT2D eigenvalue weighted by Gasteiger charge is 2.13. The van der Waals surface area contributed by atoms with Crippen LogP contribution in [0.3, 0.4) is 0 Å². The van der Waals surface area contributed by atoms with Crippen LogP contribution < -0.4 is 21.5 Å². The Kier molecular flexibility index (Phi) is 5.31. The van der Waals surface area contributed by atoms with Crippen LogP contribution >= 0.6 is 11.8 Å². The number of hydrogen-bond donors (Lipinski definition) is 3. The summed E-state index contributed by atoms with van der Waals surface area (Å²) in [5.74, 6) is 0.921. The van der Waals surface area contributed by atoms with Gasteiger partial charge in [0.15, 0.2) is 0 Å². The largest absolute Gasteiger partial charge is 0.494 e. The van der Waals surface area contributed by atoms with E-state index in [-0.39, 0.29) is 0 Å². The molecule has 1 fully saturated rings. The van der Waals surface area contributed by atoms with E-state index in [1.807, 2.05) is 30.3 Å². The van der Waals surface area contributed by atoms with Gasteiger partial charge in [0.25, 0.3) is 0 Å². The molecule has 23 heavy (non-hydrogen) atoms. The summed E-state index contributed by atoms with van der Waals surface area (Å²) >= 11 is 1.66. The van der Waals surface area contributed by atoms with Gasteiger partial charge in [-0.2, -0.15) is 0 Å². The van der Waals surface area contributed by atoms with Crippen LogP contribution in [0.25, 0.3) is 0 Å². The summed E-state index contributed by atoms with van der Waals surface area (Å²) < 4.78 is 5.82. The van der Waals surface area contributed by atoms with Gasteiger partial charge in [-0.05, 0) is 68.3 Å². The molecule has 0 spiro atoms. The number of nitrogen functional groups attached to an aromatic ring is 2. The molecule has 1 aliphatic rings. The maximum atomic E-state index is 5.84. The van der Waals surface area contributed by atoms with Gasteiger partial charge in [0.05, 0.1) is 18.0 Å². The van der Waals surface area contributed by atoms with Crippen LogP contribution in [-0.4, -0.2) is 19.2 Å². The summed E-state index contributed by atoms with van der Waals surface area (Å²) in [6.45, 7) is 1.91. The highest BCUT2D eigenvalue weighted by atomic mass is 32.2. The van der Waals surface area contributed by atoms with Gasteiger partial charge in [-0.1, -0.05) is 11.8 Å². The van der Waals surface area contributed by atoms with E-state index >= 15 is 0 Å². The fourth-order valence-corrected chi connectivity index (χ4v) is 3.54. The van der Waals surface area contributed by atoms with E-state index in [1.165, 1.54) is 12.8 Å². The first-order valence-electron chi connectivity index (χ1n) is 8.00. The van der Waals surface area contributed by atoms with Crippen molar-refractivity contribution >= 4 is 23.1 Å². The van der Waals surface area contributed by atoms with Gasteiger partial charge in [-0.15, -0.1) is 0 Å². The molecule has 5 N–H and O–H groups in total. The average Bonchev–Trinajstić information content (AvgIpc) is 3.06. The lowest BCUT2D eigenvalue weighted by atomic mass is 10.2. The molecule has 1 unspecified atom stereocenters. The number of ether oxygens (including phenoxy) is 1. The summed E-state index contributed by atoms with van der Waals surface area (Å²) in [4.78, 5) is 2.23. The molecule has 3 rings (SSSR count).